The number of fused-ring (bicyclic) bond motifs is 1. The molecule has 2 aromatic carbocycles. The number of amides is 1. The van der Waals surface area contributed by atoms with Crippen molar-refractivity contribution in [1.82, 2.24) is 14.3 Å². The van der Waals surface area contributed by atoms with Crippen LogP contribution in [0.3, 0.4) is 0 Å². The van der Waals surface area contributed by atoms with E-state index in [1.807, 2.05) is 36.4 Å². The van der Waals surface area contributed by atoms with E-state index in [1.165, 1.54) is 21.1 Å². The Hall–Kier alpha value is -2.62. The quantitative estimate of drug-likeness (QED) is 0.158. The largest absolute Gasteiger partial charge is 0.288 e. The molecule has 0 unspecified atom stereocenters. The molecular formula is C25H15Cl2N3O2S3. The molecule has 5 nitrogen and oxygen atoms in total. The normalized spacial score (nSPS) is 14.9. The van der Waals surface area contributed by atoms with E-state index in [9.17, 15) is 9.59 Å². The van der Waals surface area contributed by atoms with Crippen LogP contribution >= 0.6 is 58.9 Å². The zero-order chi connectivity index (χ0) is 24.5. The molecular weight excluding hydrogens is 541 g/mol. The van der Waals surface area contributed by atoms with Crippen molar-refractivity contribution in [2.75, 3.05) is 0 Å². The maximum atomic E-state index is 13.4. The van der Waals surface area contributed by atoms with Crippen LogP contribution in [0.2, 0.25) is 10.0 Å². The Morgan fingerprint density at radius 3 is 2.51 bits per heavy atom. The third-order valence-corrected chi connectivity index (χ3v) is 8.21. The molecule has 5 rings (SSSR count). The van der Waals surface area contributed by atoms with Crippen molar-refractivity contribution in [3.05, 3.63) is 109 Å². The molecule has 174 valence electrons. The second-order valence-corrected chi connectivity index (χ2v) is 11.1. The molecule has 4 aromatic rings. The number of hydrogen-bond donors (Lipinski definition) is 0. The molecule has 3 heterocycles. The highest BCUT2D eigenvalue weighted by atomic mass is 35.5. The van der Waals surface area contributed by atoms with Crippen LogP contribution in [-0.2, 0) is 11.3 Å². The van der Waals surface area contributed by atoms with Crippen molar-refractivity contribution in [2.45, 2.75) is 16.5 Å². The van der Waals surface area contributed by atoms with Gasteiger partial charge in [0.15, 0.2) is 0 Å². The molecule has 0 N–H and O–H groups in total. The van der Waals surface area contributed by atoms with Gasteiger partial charge < -0.3 is 0 Å². The Balaban J connectivity index is 1.56. The van der Waals surface area contributed by atoms with E-state index in [0.29, 0.717) is 35.5 Å². The fourth-order valence-corrected chi connectivity index (χ4v) is 5.91. The summed E-state index contributed by atoms with van der Waals surface area (Å²) in [6, 6.07) is 19.9. The smallest absolute Gasteiger partial charge is 0.266 e. The van der Waals surface area contributed by atoms with Gasteiger partial charge in [-0.2, -0.15) is 0 Å². The molecule has 0 atom stereocenters. The number of thiocarbonyl (C=S) groups is 1. The predicted octanol–water partition coefficient (Wildman–Crippen LogP) is 6.55. The average molecular weight is 557 g/mol. The molecule has 35 heavy (non-hydrogen) atoms. The van der Waals surface area contributed by atoms with E-state index in [1.54, 1.807) is 42.6 Å². The van der Waals surface area contributed by atoms with Crippen LogP contribution in [0.1, 0.15) is 11.1 Å². The van der Waals surface area contributed by atoms with Crippen molar-refractivity contribution in [2.24, 2.45) is 0 Å². The monoisotopic (exact) mass is 555 g/mol. The van der Waals surface area contributed by atoms with Crippen LogP contribution in [0.15, 0.2) is 92.5 Å². The van der Waals surface area contributed by atoms with Crippen molar-refractivity contribution in [3.63, 3.8) is 0 Å². The first-order valence-corrected chi connectivity index (χ1v) is 13.1. The molecule has 1 saturated heterocycles. The van der Waals surface area contributed by atoms with Gasteiger partial charge in [-0.3, -0.25) is 18.9 Å². The first-order chi connectivity index (χ1) is 16.9. The lowest BCUT2D eigenvalue weighted by Gasteiger charge is -2.15. The summed E-state index contributed by atoms with van der Waals surface area (Å²) in [5.74, 6) is -0.278. The summed E-state index contributed by atoms with van der Waals surface area (Å²) in [6.07, 6.45) is 3.24. The van der Waals surface area contributed by atoms with Crippen molar-refractivity contribution in [3.8, 4) is 0 Å². The maximum absolute atomic E-state index is 13.4. The summed E-state index contributed by atoms with van der Waals surface area (Å²) < 4.78 is 1.87. The maximum Gasteiger partial charge on any atom is 0.266 e. The number of halogens is 2. The van der Waals surface area contributed by atoms with Crippen LogP contribution in [0.5, 0.6) is 0 Å². The van der Waals surface area contributed by atoms with Crippen LogP contribution < -0.4 is 5.56 Å². The van der Waals surface area contributed by atoms with Crippen LogP contribution in [0.25, 0.3) is 11.7 Å². The topological polar surface area (TPSA) is 54.7 Å². The number of carbonyl (C=O) groups is 1. The summed E-state index contributed by atoms with van der Waals surface area (Å²) in [6.45, 7) is 0.253. The first kappa shape index (κ1) is 24.1. The SMILES string of the molecule is O=C1C(=Cc2c(Sc3ccc(Cl)cc3)nc3ccccn3c2=O)SC(=S)N1Cc1ccccc1Cl. The summed E-state index contributed by atoms with van der Waals surface area (Å²) in [7, 11) is 0. The second-order valence-electron chi connectivity index (χ2n) is 7.48. The van der Waals surface area contributed by atoms with Gasteiger partial charge in [0, 0.05) is 21.1 Å². The standard InChI is InChI=1S/C25H15Cl2N3O2S3/c26-16-8-10-17(11-9-16)34-22-18(23(31)29-12-4-3-7-21(29)28-22)13-20-24(32)30(25(33)35-20)14-15-5-1-2-6-19(15)27/h1-13H,14H2. The minimum absolute atomic E-state index is 0.253. The molecule has 1 aliphatic heterocycles. The highest BCUT2D eigenvalue weighted by Crippen LogP contribution is 2.36. The predicted molar refractivity (Wildman–Crippen MR) is 147 cm³/mol. The van der Waals surface area contributed by atoms with Gasteiger partial charge in [0.25, 0.3) is 11.5 Å². The fraction of sp³-hybridized carbons (Fsp3) is 0.0400. The lowest BCUT2D eigenvalue weighted by molar-refractivity contribution is -0.122. The summed E-state index contributed by atoms with van der Waals surface area (Å²) in [4.78, 5) is 34.1. The van der Waals surface area contributed by atoms with Crippen LogP contribution in [-0.4, -0.2) is 24.5 Å². The fourth-order valence-electron chi connectivity index (χ4n) is 3.46. The third-order valence-electron chi connectivity index (χ3n) is 5.20. The van der Waals surface area contributed by atoms with E-state index < -0.39 is 0 Å². The Labute approximate surface area is 224 Å². The van der Waals surface area contributed by atoms with Crippen molar-refractivity contribution < 1.29 is 4.79 Å². The van der Waals surface area contributed by atoms with Gasteiger partial charge in [-0.15, -0.1) is 0 Å². The second kappa shape index (κ2) is 10.2. The first-order valence-electron chi connectivity index (χ1n) is 10.3. The molecule has 0 spiro atoms. The molecule has 1 aliphatic rings. The molecule has 1 fully saturated rings. The van der Waals surface area contributed by atoms with Crippen molar-refractivity contribution in [1.29, 1.82) is 0 Å². The number of carbonyl (C=O) groups excluding carboxylic acids is 1. The Bertz CT molecular complexity index is 1570. The van der Waals surface area contributed by atoms with Gasteiger partial charge in [0.2, 0.25) is 0 Å². The third kappa shape index (κ3) is 5.03. The summed E-state index contributed by atoms with van der Waals surface area (Å²) in [5.41, 5.74) is 1.34. The number of benzene rings is 2. The molecule has 1 amide bonds. The molecule has 0 saturated carbocycles. The lowest BCUT2D eigenvalue weighted by Crippen LogP contribution is -2.27. The van der Waals surface area contributed by atoms with E-state index >= 15 is 0 Å². The van der Waals surface area contributed by atoms with Gasteiger partial charge in [0.1, 0.15) is 15.0 Å². The zero-order valence-corrected chi connectivity index (χ0v) is 21.8. The Morgan fingerprint density at radius 2 is 1.74 bits per heavy atom. The Kier molecular flexibility index (Phi) is 7.00. The minimum atomic E-state index is -0.278. The zero-order valence-electron chi connectivity index (χ0n) is 17.9. The average Bonchev–Trinajstić information content (AvgIpc) is 3.11. The molecule has 0 aliphatic carbocycles. The molecule has 0 bridgehead atoms. The number of aromatic nitrogens is 2. The molecule has 0 radical (unpaired) electrons. The number of hydrogen-bond acceptors (Lipinski definition) is 6. The van der Waals surface area contributed by atoms with Gasteiger partial charge in [0.05, 0.1) is 17.0 Å². The van der Waals surface area contributed by atoms with Crippen molar-refractivity contribution >= 4 is 80.9 Å². The number of thioether (sulfide) groups is 1. The highest BCUT2D eigenvalue weighted by Gasteiger charge is 2.33. The van der Waals surface area contributed by atoms with Crippen LogP contribution in [0, 0.1) is 0 Å². The molecule has 2 aromatic heterocycles. The van der Waals surface area contributed by atoms with Gasteiger partial charge in [-0.25, -0.2) is 4.98 Å². The Morgan fingerprint density at radius 1 is 1.00 bits per heavy atom. The minimum Gasteiger partial charge on any atom is -0.288 e. The molecule has 10 heteroatoms. The number of pyridine rings is 1. The lowest BCUT2D eigenvalue weighted by atomic mass is 10.2. The van der Waals surface area contributed by atoms with E-state index in [4.69, 9.17) is 40.4 Å². The van der Waals surface area contributed by atoms with E-state index in [-0.39, 0.29) is 18.0 Å². The summed E-state index contributed by atoms with van der Waals surface area (Å²) >= 11 is 20.3. The number of nitrogens with zero attached hydrogens (tertiary/aromatic N) is 3. The van der Waals surface area contributed by atoms with Gasteiger partial charge in [-0.1, -0.05) is 83.2 Å². The van der Waals surface area contributed by atoms with E-state index in [2.05, 4.69) is 0 Å². The van der Waals surface area contributed by atoms with Gasteiger partial charge >= 0.3 is 0 Å². The van der Waals surface area contributed by atoms with Crippen LogP contribution in [0.4, 0.5) is 0 Å². The number of rotatable bonds is 5. The van der Waals surface area contributed by atoms with Gasteiger partial charge in [-0.05, 0) is 54.1 Å². The van der Waals surface area contributed by atoms with E-state index in [0.717, 1.165) is 22.2 Å². The highest BCUT2D eigenvalue weighted by molar-refractivity contribution is 8.26. The summed E-state index contributed by atoms with van der Waals surface area (Å²) in [5, 5.41) is 1.66.